The first-order valence-electron chi connectivity index (χ1n) is 11.1. The smallest absolute Gasteiger partial charge is 0.418 e. The van der Waals surface area contributed by atoms with Crippen LogP contribution in [0.2, 0.25) is 0 Å². The van der Waals surface area contributed by atoms with Crippen LogP contribution in [0, 0.1) is 19.8 Å². The molecule has 1 heterocycles. The van der Waals surface area contributed by atoms with Crippen LogP contribution in [-0.2, 0) is 17.4 Å². The van der Waals surface area contributed by atoms with Crippen LogP contribution in [0.3, 0.4) is 0 Å². The lowest BCUT2D eigenvalue weighted by molar-refractivity contribution is -0.139. The van der Waals surface area contributed by atoms with Gasteiger partial charge in [0.2, 0.25) is 0 Å². The van der Waals surface area contributed by atoms with E-state index in [1.165, 1.54) is 12.1 Å². The van der Waals surface area contributed by atoms with Crippen molar-refractivity contribution in [2.24, 2.45) is 5.92 Å². The third kappa shape index (κ3) is 5.50. The summed E-state index contributed by atoms with van der Waals surface area (Å²) in [5, 5.41) is 11.6. The number of aryl methyl sites for hydroxylation is 2. The molecular weight excluding hydrogens is 463 g/mol. The van der Waals surface area contributed by atoms with E-state index >= 15 is 0 Å². The van der Waals surface area contributed by atoms with Crippen LogP contribution in [0.4, 0.5) is 18.9 Å². The Bertz CT molecular complexity index is 1230. The number of carboxylic acid groups (broad SMARTS) is 1. The molecule has 0 bridgehead atoms. The number of amides is 1. The van der Waals surface area contributed by atoms with Crippen molar-refractivity contribution >= 4 is 17.6 Å². The minimum Gasteiger partial charge on any atom is -0.493 e. The molecule has 35 heavy (non-hydrogen) atoms. The number of hydrogen-bond donors (Lipinski definition) is 2. The number of hydrogen-bond acceptors (Lipinski definition) is 4. The number of carbonyl (C=O) groups excluding carboxylic acids is 1. The van der Waals surface area contributed by atoms with E-state index in [1.807, 2.05) is 6.07 Å². The Kier molecular flexibility index (Phi) is 6.60. The molecule has 2 N–H and O–H groups in total. The lowest BCUT2D eigenvalue weighted by Crippen LogP contribution is -2.19. The Balaban J connectivity index is 1.54. The SMILES string of the molecule is Cc1cc(OCCc2ccco2)cc(C)c1C(=O)Nc1cc([C@H]2C[C@H]2C(=O)O)ccc1C(F)(F)F. The number of nitrogens with one attached hydrogen (secondary N) is 1. The molecule has 6 nitrogen and oxygen atoms in total. The molecule has 3 aromatic rings. The molecule has 1 saturated carbocycles. The van der Waals surface area contributed by atoms with Crippen molar-refractivity contribution in [3.05, 3.63) is 82.3 Å². The molecule has 1 aliphatic carbocycles. The minimum atomic E-state index is -4.69. The number of anilines is 1. The molecule has 2 atom stereocenters. The third-order valence-corrected chi connectivity index (χ3v) is 6.06. The largest absolute Gasteiger partial charge is 0.493 e. The monoisotopic (exact) mass is 487 g/mol. The van der Waals surface area contributed by atoms with Crippen LogP contribution < -0.4 is 10.1 Å². The van der Waals surface area contributed by atoms with Gasteiger partial charge in [0, 0.05) is 12.0 Å². The summed E-state index contributed by atoms with van der Waals surface area (Å²) in [5.74, 6) is -1.35. The number of benzene rings is 2. The quantitative estimate of drug-likeness (QED) is 0.408. The molecule has 184 valence electrons. The van der Waals surface area contributed by atoms with Gasteiger partial charge in [-0.2, -0.15) is 13.2 Å². The van der Waals surface area contributed by atoms with Gasteiger partial charge in [-0.1, -0.05) is 6.07 Å². The number of carbonyl (C=O) groups is 2. The fourth-order valence-electron chi connectivity index (χ4n) is 4.25. The fourth-order valence-corrected chi connectivity index (χ4v) is 4.25. The Morgan fingerprint density at radius 1 is 1.14 bits per heavy atom. The molecule has 1 aromatic heterocycles. The highest BCUT2D eigenvalue weighted by molar-refractivity contribution is 6.07. The Morgan fingerprint density at radius 2 is 1.86 bits per heavy atom. The van der Waals surface area contributed by atoms with Crippen LogP contribution in [0.25, 0.3) is 0 Å². The molecule has 9 heteroatoms. The number of alkyl halides is 3. The van der Waals surface area contributed by atoms with E-state index in [-0.39, 0.29) is 11.5 Å². The second kappa shape index (κ2) is 9.48. The number of rotatable bonds is 8. The summed E-state index contributed by atoms with van der Waals surface area (Å²) in [6.07, 6.45) is -2.19. The molecule has 0 unspecified atom stereocenters. The summed E-state index contributed by atoms with van der Waals surface area (Å²) in [7, 11) is 0. The van der Waals surface area contributed by atoms with Crippen molar-refractivity contribution in [3.63, 3.8) is 0 Å². The maximum Gasteiger partial charge on any atom is 0.418 e. The number of furan rings is 1. The van der Waals surface area contributed by atoms with E-state index in [0.29, 0.717) is 41.9 Å². The molecule has 1 amide bonds. The zero-order valence-electron chi connectivity index (χ0n) is 19.1. The topological polar surface area (TPSA) is 88.8 Å². The lowest BCUT2D eigenvalue weighted by Gasteiger charge is -2.17. The molecule has 1 aliphatic rings. The van der Waals surface area contributed by atoms with Gasteiger partial charge in [0.25, 0.3) is 5.91 Å². The van der Waals surface area contributed by atoms with E-state index in [2.05, 4.69) is 5.32 Å². The average molecular weight is 487 g/mol. The van der Waals surface area contributed by atoms with Gasteiger partial charge >= 0.3 is 12.1 Å². The van der Waals surface area contributed by atoms with Gasteiger partial charge in [0.1, 0.15) is 11.5 Å². The van der Waals surface area contributed by atoms with E-state index in [1.54, 1.807) is 38.3 Å². The summed E-state index contributed by atoms with van der Waals surface area (Å²) >= 11 is 0. The van der Waals surface area contributed by atoms with Crippen molar-refractivity contribution in [3.8, 4) is 5.75 Å². The van der Waals surface area contributed by atoms with Crippen LogP contribution in [-0.4, -0.2) is 23.6 Å². The molecule has 2 aromatic carbocycles. The Labute approximate surface area is 199 Å². The summed E-state index contributed by atoms with van der Waals surface area (Å²) in [5.41, 5.74) is 0.414. The molecular formula is C26H24F3NO5. The van der Waals surface area contributed by atoms with Crippen molar-refractivity contribution in [1.29, 1.82) is 0 Å². The summed E-state index contributed by atoms with van der Waals surface area (Å²) in [4.78, 5) is 24.2. The van der Waals surface area contributed by atoms with E-state index in [4.69, 9.17) is 14.3 Å². The average Bonchev–Trinajstić information content (AvgIpc) is 3.41. The van der Waals surface area contributed by atoms with Gasteiger partial charge < -0.3 is 19.6 Å². The van der Waals surface area contributed by atoms with Crippen molar-refractivity contribution < 1.29 is 37.0 Å². The Hall–Kier alpha value is -3.75. The van der Waals surface area contributed by atoms with Crippen LogP contribution in [0.15, 0.2) is 53.1 Å². The second-order valence-electron chi connectivity index (χ2n) is 8.65. The van der Waals surface area contributed by atoms with Crippen molar-refractivity contribution in [1.82, 2.24) is 0 Å². The van der Waals surface area contributed by atoms with Crippen LogP contribution in [0.1, 0.15) is 50.7 Å². The summed E-state index contributed by atoms with van der Waals surface area (Å²) < 4.78 is 51.9. The first-order chi connectivity index (χ1) is 16.5. The minimum absolute atomic E-state index is 0.247. The van der Waals surface area contributed by atoms with E-state index < -0.39 is 35.2 Å². The zero-order valence-corrected chi connectivity index (χ0v) is 19.1. The summed E-state index contributed by atoms with van der Waals surface area (Å²) in [6.45, 7) is 3.73. The fraction of sp³-hybridized carbons (Fsp3) is 0.308. The summed E-state index contributed by atoms with van der Waals surface area (Å²) in [6, 6.07) is 10.3. The maximum atomic E-state index is 13.6. The molecule has 0 radical (unpaired) electrons. The van der Waals surface area contributed by atoms with Crippen LogP contribution in [0.5, 0.6) is 5.75 Å². The highest BCUT2D eigenvalue weighted by atomic mass is 19.4. The van der Waals surface area contributed by atoms with E-state index in [9.17, 15) is 22.8 Å². The number of ether oxygens (including phenoxy) is 1. The van der Waals surface area contributed by atoms with Gasteiger partial charge in [-0.15, -0.1) is 0 Å². The molecule has 4 rings (SSSR count). The number of aliphatic carboxylic acids is 1. The van der Waals surface area contributed by atoms with Gasteiger partial charge in [0.05, 0.1) is 30.0 Å². The van der Waals surface area contributed by atoms with E-state index in [0.717, 1.165) is 11.8 Å². The molecule has 0 aliphatic heterocycles. The Morgan fingerprint density at radius 3 is 2.43 bits per heavy atom. The maximum absolute atomic E-state index is 13.6. The predicted octanol–water partition coefficient (Wildman–Crippen LogP) is 5.98. The normalized spacial score (nSPS) is 17.2. The highest BCUT2D eigenvalue weighted by Crippen LogP contribution is 2.49. The zero-order chi connectivity index (χ0) is 25.3. The lowest BCUT2D eigenvalue weighted by atomic mass is 10.00. The first-order valence-corrected chi connectivity index (χ1v) is 11.1. The number of halogens is 3. The first kappa shape index (κ1) is 24.4. The number of carboxylic acids is 1. The predicted molar refractivity (Wildman–Crippen MR) is 122 cm³/mol. The molecule has 1 fully saturated rings. The second-order valence-corrected chi connectivity index (χ2v) is 8.65. The van der Waals surface area contributed by atoms with Crippen molar-refractivity contribution in [2.45, 2.75) is 38.8 Å². The standard InChI is InChI=1S/C26H24F3NO5/c1-14-10-18(35-9-7-17-4-3-8-34-17)11-15(2)23(14)24(31)30-22-12-16(19-13-20(19)25(32)33)5-6-21(22)26(27,28)29/h3-6,8,10-12,19-20H,7,9,13H2,1-2H3,(H,30,31)(H,32,33)/t19-,20-/m1/s1. The third-order valence-electron chi connectivity index (χ3n) is 6.06. The highest BCUT2D eigenvalue weighted by Gasteiger charge is 2.45. The van der Waals surface area contributed by atoms with Gasteiger partial charge in [-0.25, -0.2) is 0 Å². The van der Waals surface area contributed by atoms with Gasteiger partial charge in [-0.3, -0.25) is 9.59 Å². The molecule has 0 spiro atoms. The van der Waals surface area contributed by atoms with Gasteiger partial charge in [0.15, 0.2) is 0 Å². The van der Waals surface area contributed by atoms with Gasteiger partial charge in [-0.05, 0) is 79.3 Å². The van der Waals surface area contributed by atoms with Crippen molar-refractivity contribution in [2.75, 3.05) is 11.9 Å². The van der Waals surface area contributed by atoms with Crippen LogP contribution >= 0.6 is 0 Å². The molecule has 0 saturated heterocycles.